The van der Waals surface area contributed by atoms with E-state index in [0.29, 0.717) is 18.2 Å². The Hall–Kier alpha value is -2.63. The molecule has 1 aromatic heterocycles. The fourth-order valence-electron chi connectivity index (χ4n) is 2.01. The molecule has 0 unspecified atom stereocenters. The van der Waals surface area contributed by atoms with E-state index in [0.717, 1.165) is 17.1 Å². The van der Waals surface area contributed by atoms with E-state index in [2.05, 4.69) is 20.6 Å². The number of carbonyl (C=O) groups excluding carboxylic acids is 1. The lowest BCUT2D eigenvalue weighted by atomic mass is 10.3. The number of anilines is 2. The third kappa shape index (κ3) is 4.95. The molecular formula is C17H22N4O2. The Morgan fingerprint density at radius 1 is 1.22 bits per heavy atom. The van der Waals surface area contributed by atoms with E-state index in [1.807, 2.05) is 52.0 Å². The summed E-state index contributed by atoms with van der Waals surface area (Å²) in [5.74, 6) is 0.989. The van der Waals surface area contributed by atoms with Crippen molar-refractivity contribution in [2.75, 3.05) is 11.9 Å². The summed E-state index contributed by atoms with van der Waals surface area (Å²) < 4.78 is 5.41. The zero-order valence-electron chi connectivity index (χ0n) is 13.9. The summed E-state index contributed by atoms with van der Waals surface area (Å²) in [6, 6.07) is 9.22. The van der Waals surface area contributed by atoms with Crippen molar-refractivity contribution in [3.8, 4) is 5.75 Å². The fourth-order valence-corrected chi connectivity index (χ4v) is 2.01. The van der Waals surface area contributed by atoms with Crippen molar-refractivity contribution >= 4 is 17.5 Å². The monoisotopic (exact) mass is 314 g/mol. The molecule has 23 heavy (non-hydrogen) atoms. The van der Waals surface area contributed by atoms with Crippen LogP contribution in [0.15, 0.2) is 30.3 Å². The molecule has 0 aliphatic carbocycles. The van der Waals surface area contributed by atoms with Gasteiger partial charge in [-0.2, -0.15) is 0 Å². The van der Waals surface area contributed by atoms with Gasteiger partial charge in [0.25, 0.3) is 5.91 Å². The smallest absolute Gasteiger partial charge is 0.270 e. The lowest BCUT2D eigenvalue weighted by molar-refractivity contribution is 0.0938. The fraction of sp³-hybridized carbons (Fsp3) is 0.353. The van der Waals surface area contributed by atoms with Crippen molar-refractivity contribution in [2.24, 2.45) is 0 Å². The van der Waals surface area contributed by atoms with E-state index in [-0.39, 0.29) is 11.9 Å². The molecular weight excluding hydrogens is 292 g/mol. The number of aryl methyl sites for hydroxylation is 1. The second-order valence-corrected chi connectivity index (χ2v) is 5.43. The first kappa shape index (κ1) is 16.7. The molecule has 0 spiro atoms. The molecule has 0 radical (unpaired) electrons. The zero-order chi connectivity index (χ0) is 16.8. The molecule has 1 amide bonds. The van der Waals surface area contributed by atoms with Gasteiger partial charge >= 0.3 is 0 Å². The molecule has 0 saturated carbocycles. The van der Waals surface area contributed by atoms with Gasteiger partial charge in [0.1, 0.15) is 11.4 Å². The summed E-state index contributed by atoms with van der Waals surface area (Å²) >= 11 is 0. The van der Waals surface area contributed by atoms with E-state index < -0.39 is 0 Å². The van der Waals surface area contributed by atoms with Crippen molar-refractivity contribution in [3.05, 3.63) is 41.7 Å². The van der Waals surface area contributed by atoms with Gasteiger partial charge in [-0.05, 0) is 58.0 Å². The molecule has 6 nitrogen and oxygen atoms in total. The second kappa shape index (κ2) is 7.58. The van der Waals surface area contributed by atoms with E-state index >= 15 is 0 Å². The standard InChI is InChI=1S/C17H22N4O2/c1-5-23-14-8-6-13(7-9-14)20-17-19-12(4)10-15(21-17)16(22)18-11(2)3/h6-11H,5H2,1-4H3,(H,18,22)(H,19,20,21). The molecule has 0 atom stereocenters. The van der Waals surface area contributed by atoms with E-state index in [9.17, 15) is 4.79 Å². The van der Waals surface area contributed by atoms with Crippen molar-refractivity contribution in [1.29, 1.82) is 0 Å². The van der Waals surface area contributed by atoms with Crippen LogP contribution in [0.1, 0.15) is 37.0 Å². The first-order valence-electron chi connectivity index (χ1n) is 7.64. The number of amides is 1. The lowest BCUT2D eigenvalue weighted by Crippen LogP contribution is -2.31. The molecule has 122 valence electrons. The third-order valence-corrected chi connectivity index (χ3v) is 2.93. The van der Waals surface area contributed by atoms with Crippen LogP contribution in [0.25, 0.3) is 0 Å². The quantitative estimate of drug-likeness (QED) is 0.857. The maximum Gasteiger partial charge on any atom is 0.270 e. The Morgan fingerprint density at radius 2 is 1.91 bits per heavy atom. The van der Waals surface area contributed by atoms with Crippen LogP contribution in [-0.2, 0) is 0 Å². The van der Waals surface area contributed by atoms with Gasteiger partial charge < -0.3 is 15.4 Å². The van der Waals surface area contributed by atoms with Gasteiger partial charge in [-0.3, -0.25) is 4.79 Å². The van der Waals surface area contributed by atoms with Crippen LogP contribution in [0.5, 0.6) is 5.75 Å². The highest BCUT2D eigenvalue weighted by atomic mass is 16.5. The van der Waals surface area contributed by atoms with Gasteiger partial charge in [0.05, 0.1) is 6.61 Å². The number of hydrogen-bond acceptors (Lipinski definition) is 5. The number of aromatic nitrogens is 2. The van der Waals surface area contributed by atoms with Crippen molar-refractivity contribution in [1.82, 2.24) is 15.3 Å². The summed E-state index contributed by atoms with van der Waals surface area (Å²) in [5.41, 5.74) is 1.90. The van der Waals surface area contributed by atoms with Gasteiger partial charge in [0.2, 0.25) is 5.95 Å². The minimum atomic E-state index is -0.208. The molecule has 6 heteroatoms. The normalized spacial score (nSPS) is 10.5. The SMILES string of the molecule is CCOc1ccc(Nc2nc(C)cc(C(=O)NC(C)C)n2)cc1. The van der Waals surface area contributed by atoms with Crippen LogP contribution in [-0.4, -0.2) is 28.5 Å². The van der Waals surface area contributed by atoms with Gasteiger partial charge in [-0.25, -0.2) is 9.97 Å². The lowest BCUT2D eigenvalue weighted by Gasteiger charge is -2.11. The Kier molecular flexibility index (Phi) is 5.51. The number of nitrogens with one attached hydrogen (secondary N) is 2. The van der Waals surface area contributed by atoms with Gasteiger partial charge in [0, 0.05) is 17.4 Å². The number of nitrogens with zero attached hydrogens (tertiary/aromatic N) is 2. The summed E-state index contributed by atoms with van der Waals surface area (Å²) in [4.78, 5) is 20.7. The van der Waals surface area contributed by atoms with Crippen molar-refractivity contribution < 1.29 is 9.53 Å². The number of benzene rings is 1. The molecule has 0 fully saturated rings. The summed E-state index contributed by atoms with van der Waals surface area (Å²) in [5, 5.41) is 5.93. The Bertz CT molecular complexity index is 669. The highest BCUT2D eigenvalue weighted by molar-refractivity contribution is 5.92. The average Bonchev–Trinajstić information content (AvgIpc) is 2.48. The summed E-state index contributed by atoms with van der Waals surface area (Å²) in [6.45, 7) is 8.21. The number of rotatable bonds is 6. The largest absolute Gasteiger partial charge is 0.494 e. The predicted octanol–water partition coefficient (Wildman–Crippen LogP) is 3.07. The van der Waals surface area contributed by atoms with Crippen LogP contribution in [0.4, 0.5) is 11.6 Å². The highest BCUT2D eigenvalue weighted by Gasteiger charge is 2.11. The number of hydrogen-bond donors (Lipinski definition) is 2. The van der Waals surface area contributed by atoms with Crippen LogP contribution in [0.2, 0.25) is 0 Å². The van der Waals surface area contributed by atoms with Crippen LogP contribution >= 0.6 is 0 Å². The molecule has 2 aromatic rings. The minimum absolute atomic E-state index is 0.0558. The number of ether oxygens (including phenoxy) is 1. The molecule has 2 rings (SSSR count). The van der Waals surface area contributed by atoms with Gasteiger partial charge in [-0.1, -0.05) is 0 Å². The molecule has 0 aliphatic heterocycles. The van der Waals surface area contributed by atoms with Crippen LogP contribution in [0.3, 0.4) is 0 Å². The van der Waals surface area contributed by atoms with Crippen molar-refractivity contribution in [2.45, 2.75) is 33.7 Å². The Labute approximate surface area is 136 Å². The van der Waals surface area contributed by atoms with E-state index in [1.54, 1.807) is 6.07 Å². The maximum absolute atomic E-state index is 12.1. The average molecular weight is 314 g/mol. The molecule has 1 aromatic carbocycles. The molecule has 0 saturated heterocycles. The number of carbonyl (C=O) groups is 1. The van der Waals surface area contributed by atoms with Crippen molar-refractivity contribution in [3.63, 3.8) is 0 Å². The second-order valence-electron chi connectivity index (χ2n) is 5.43. The van der Waals surface area contributed by atoms with Crippen LogP contribution in [0, 0.1) is 6.92 Å². The predicted molar refractivity (Wildman–Crippen MR) is 90.3 cm³/mol. The Morgan fingerprint density at radius 3 is 2.52 bits per heavy atom. The first-order chi connectivity index (χ1) is 11.0. The van der Waals surface area contributed by atoms with Gasteiger partial charge in [0.15, 0.2) is 0 Å². The molecule has 0 bridgehead atoms. The zero-order valence-corrected chi connectivity index (χ0v) is 13.9. The maximum atomic E-state index is 12.1. The molecule has 0 aliphatic rings. The third-order valence-electron chi connectivity index (χ3n) is 2.93. The minimum Gasteiger partial charge on any atom is -0.494 e. The topological polar surface area (TPSA) is 76.1 Å². The molecule has 1 heterocycles. The first-order valence-corrected chi connectivity index (χ1v) is 7.64. The van der Waals surface area contributed by atoms with Crippen LogP contribution < -0.4 is 15.4 Å². The van der Waals surface area contributed by atoms with E-state index in [4.69, 9.17) is 4.74 Å². The summed E-state index contributed by atoms with van der Waals surface area (Å²) in [6.07, 6.45) is 0. The van der Waals surface area contributed by atoms with Gasteiger partial charge in [-0.15, -0.1) is 0 Å². The summed E-state index contributed by atoms with van der Waals surface area (Å²) in [7, 11) is 0. The molecule has 2 N–H and O–H groups in total. The Balaban J connectivity index is 2.16. The van der Waals surface area contributed by atoms with E-state index in [1.165, 1.54) is 0 Å². The highest BCUT2D eigenvalue weighted by Crippen LogP contribution is 2.18.